The molecular formula is C45H74NO8P. The van der Waals surface area contributed by atoms with Crippen LogP contribution in [0.1, 0.15) is 142 Å². The highest BCUT2D eigenvalue weighted by Gasteiger charge is 2.25. The number of rotatable bonds is 37. The van der Waals surface area contributed by atoms with Crippen LogP contribution in [0, 0.1) is 0 Å². The van der Waals surface area contributed by atoms with Gasteiger partial charge in [0.05, 0.1) is 13.2 Å². The molecule has 0 saturated heterocycles. The van der Waals surface area contributed by atoms with Crippen molar-refractivity contribution in [3.8, 4) is 0 Å². The Morgan fingerprint density at radius 2 is 1.04 bits per heavy atom. The molecule has 0 aromatic heterocycles. The summed E-state index contributed by atoms with van der Waals surface area (Å²) in [5, 5.41) is 0. The molecular weight excluding hydrogens is 713 g/mol. The lowest BCUT2D eigenvalue weighted by molar-refractivity contribution is -0.161. The van der Waals surface area contributed by atoms with Gasteiger partial charge in [-0.3, -0.25) is 18.6 Å². The first-order chi connectivity index (χ1) is 26.8. The predicted octanol–water partition coefficient (Wildman–Crippen LogP) is 11.8. The number of phosphoric acid groups is 1. The summed E-state index contributed by atoms with van der Waals surface area (Å²) < 4.78 is 32.6. The average Bonchev–Trinajstić information content (AvgIpc) is 3.17. The maximum Gasteiger partial charge on any atom is 0.472 e. The van der Waals surface area contributed by atoms with E-state index in [0.29, 0.717) is 12.8 Å². The summed E-state index contributed by atoms with van der Waals surface area (Å²) in [5.41, 5.74) is 5.33. The van der Waals surface area contributed by atoms with Crippen LogP contribution in [0.5, 0.6) is 0 Å². The number of allylic oxidation sites excluding steroid dienone is 16. The van der Waals surface area contributed by atoms with Crippen LogP contribution in [0.3, 0.4) is 0 Å². The highest BCUT2D eigenvalue weighted by molar-refractivity contribution is 7.47. The fraction of sp³-hybridized carbons (Fsp3) is 0.600. The van der Waals surface area contributed by atoms with Crippen molar-refractivity contribution in [2.24, 2.45) is 5.73 Å². The molecule has 0 bridgehead atoms. The van der Waals surface area contributed by atoms with E-state index in [1.54, 1.807) is 0 Å². The van der Waals surface area contributed by atoms with Crippen LogP contribution in [0.4, 0.5) is 0 Å². The Labute approximate surface area is 334 Å². The summed E-state index contributed by atoms with van der Waals surface area (Å²) >= 11 is 0. The summed E-state index contributed by atoms with van der Waals surface area (Å²) in [6.45, 7) is 3.45. The molecule has 3 N–H and O–H groups in total. The summed E-state index contributed by atoms with van der Waals surface area (Å²) in [4.78, 5) is 34.8. The number of nitrogens with two attached hydrogens (primary N) is 1. The lowest BCUT2D eigenvalue weighted by atomic mass is 10.1. The summed E-state index contributed by atoms with van der Waals surface area (Å²) in [6.07, 6.45) is 51.6. The molecule has 0 radical (unpaired) electrons. The highest BCUT2D eigenvalue weighted by atomic mass is 31.2. The van der Waals surface area contributed by atoms with Crippen LogP contribution in [0.15, 0.2) is 97.2 Å². The topological polar surface area (TPSA) is 134 Å². The van der Waals surface area contributed by atoms with E-state index >= 15 is 0 Å². The van der Waals surface area contributed by atoms with E-state index in [1.807, 2.05) is 12.2 Å². The molecule has 9 nitrogen and oxygen atoms in total. The predicted molar refractivity (Wildman–Crippen MR) is 228 cm³/mol. The van der Waals surface area contributed by atoms with Crippen molar-refractivity contribution in [1.29, 1.82) is 0 Å². The fourth-order valence-electron chi connectivity index (χ4n) is 4.92. The third-order valence-corrected chi connectivity index (χ3v) is 8.95. The molecule has 0 aliphatic rings. The van der Waals surface area contributed by atoms with Crippen molar-refractivity contribution >= 4 is 19.8 Å². The lowest BCUT2D eigenvalue weighted by Gasteiger charge is -2.19. The van der Waals surface area contributed by atoms with Crippen LogP contribution < -0.4 is 5.73 Å². The minimum atomic E-state index is -4.40. The summed E-state index contributed by atoms with van der Waals surface area (Å²) in [5.74, 6) is -0.956. The normalized spacial score (nSPS) is 14.3. The van der Waals surface area contributed by atoms with E-state index in [9.17, 15) is 19.0 Å². The highest BCUT2D eigenvalue weighted by Crippen LogP contribution is 2.43. The second-order valence-corrected chi connectivity index (χ2v) is 14.6. The largest absolute Gasteiger partial charge is 0.472 e. The molecule has 0 aromatic carbocycles. The Bertz CT molecular complexity index is 1220. The first-order valence-electron chi connectivity index (χ1n) is 20.7. The van der Waals surface area contributed by atoms with Gasteiger partial charge in [-0.05, 0) is 83.5 Å². The molecule has 312 valence electrons. The molecule has 10 heteroatoms. The van der Waals surface area contributed by atoms with Crippen molar-refractivity contribution in [3.05, 3.63) is 97.2 Å². The van der Waals surface area contributed by atoms with Crippen molar-refractivity contribution < 1.29 is 37.6 Å². The molecule has 0 amide bonds. The Hall–Kier alpha value is -3.07. The van der Waals surface area contributed by atoms with E-state index in [1.165, 1.54) is 25.7 Å². The van der Waals surface area contributed by atoms with Crippen LogP contribution in [0.25, 0.3) is 0 Å². The van der Waals surface area contributed by atoms with Gasteiger partial charge in [0.25, 0.3) is 0 Å². The van der Waals surface area contributed by atoms with Gasteiger partial charge in [0.2, 0.25) is 0 Å². The minimum Gasteiger partial charge on any atom is -0.462 e. The van der Waals surface area contributed by atoms with Crippen LogP contribution in [-0.4, -0.2) is 49.3 Å². The summed E-state index contributed by atoms with van der Waals surface area (Å²) in [6, 6.07) is 0. The van der Waals surface area contributed by atoms with E-state index in [4.69, 9.17) is 24.3 Å². The fourth-order valence-corrected chi connectivity index (χ4v) is 5.69. The molecule has 0 rings (SSSR count). The van der Waals surface area contributed by atoms with Gasteiger partial charge in [-0.1, -0.05) is 143 Å². The smallest absolute Gasteiger partial charge is 0.462 e. The van der Waals surface area contributed by atoms with Crippen LogP contribution >= 0.6 is 7.82 Å². The molecule has 0 heterocycles. The van der Waals surface area contributed by atoms with Gasteiger partial charge in [-0.25, -0.2) is 4.57 Å². The number of carbonyl (C=O) groups excluding carboxylic acids is 2. The molecule has 0 spiro atoms. The molecule has 2 atom stereocenters. The zero-order valence-corrected chi connectivity index (χ0v) is 35.0. The quantitative estimate of drug-likeness (QED) is 0.0273. The van der Waals surface area contributed by atoms with Crippen molar-refractivity contribution in [2.75, 3.05) is 26.4 Å². The standard InChI is InChI=1S/C45H74NO8P/c1-3-5-7-9-11-13-15-17-19-20-21-22-24-25-27-29-31-33-35-37-44(47)51-41-43(42-53-55(49,50)52-40-39-46)54-45(48)38-36-34-32-30-28-26-23-18-16-14-12-10-8-6-4-2/h6,8,11-14,17-19,21-23,25,27,31,33,43H,3-5,7,9-10,15-16,20,24,26,28-30,32,34-42,46H2,1-2H3,(H,49,50)/t43-/m1/s1. The Morgan fingerprint density at radius 3 is 1.56 bits per heavy atom. The third-order valence-electron chi connectivity index (χ3n) is 7.97. The van der Waals surface area contributed by atoms with Crippen LogP contribution in [-0.2, 0) is 32.7 Å². The monoisotopic (exact) mass is 788 g/mol. The van der Waals surface area contributed by atoms with Crippen molar-refractivity contribution in [2.45, 2.75) is 148 Å². The van der Waals surface area contributed by atoms with E-state index in [2.05, 4.69) is 98.9 Å². The first-order valence-corrected chi connectivity index (χ1v) is 22.2. The van der Waals surface area contributed by atoms with E-state index in [0.717, 1.165) is 77.0 Å². The number of unbranched alkanes of at least 4 members (excludes halogenated alkanes) is 8. The second-order valence-electron chi connectivity index (χ2n) is 13.1. The molecule has 0 aromatic rings. The number of ether oxygens (including phenoxy) is 2. The number of hydrogen-bond donors (Lipinski definition) is 2. The lowest BCUT2D eigenvalue weighted by Crippen LogP contribution is -2.29. The van der Waals surface area contributed by atoms with Gasteiger partial charge in [0.15, 0.2) is 6.10 Å². The second kappa shape index (κ2) is 40.6. The number of phosphoric ester groups is 1. The molecule has 55 heavy (non-hydrogen) atoms. The van der Waals surface area contributed by atoms with Gasteiger partial charge in [-0.15, -0.1) is 0 Å². The third kappa shape index (κ3) is 40.4. The van der Waals surface area contributed by atoms with Crippen molar-refractivity contribution in [1.82, 2.24) is 0 Å². The molecule has 0 aliphatic carbocycles. The molecule has 0 aliphatic heterocycles. The maximum atomic E-state index is 12.6. The van der Waals surface area contributed by atoms with E-state index in [-0.39, 0.29) is 32.6 Å². The number of esters is 2. The first kappa shape index (κ1) is 51.9. The Morgan fingerprint density at radius 1 is 0.564 bits per heavy atom. The SMILES string of the molecule is CCC=CCC=CCC=CCCCCCCCC(=O)O[C@H](COC(=O)CCC=CCC=CCC=CCC=CCC=CCCCCC)COP(=O)(O)OCCN. The van der Waals surface area contributed by atoms with Crippen molar-refractivity contribution in [3.63, 3.8) is 0 Å². The van der Waals surface area contributed by atoms with Gasteiger partial charge in [-0.2, -0.15) is 0 Å². The summed E-state index contributed by atoms with van der Waals surface area (Å²) in [7, 11) is -4.40. The maximum absolute atomic E-state index is 12.6. The zero-order valence-electron chi connectivity index (χ0n) is 34.1. The Balaban J connectivity index is 4.35. The minimum absolute atomic E-state index is 0.0354. The van der Waals surface area contributed by atoms with Crippen LogP contribution in [0.2, 0.25) is 0 Å². The number of carbonyl (C=O) groups is 2. The molecule has 1 unspecified atom stereocenters. The van der Waals surface area contributed by atoms with Gasteiger partial charge in [0, 0.05) is 19.4 Å². The average molecular weight is 788 g/mol. The Kier molecular flexibility index (Phi) is 38.3. The zero-order chi connectivity index (χ0) is 40.3. The number of hydrogen-bond acceptors (Lipinski definition) is 8. The van der Waals surface area contributed by atoms with E-state index < -0.39 is 32.5 Å². The van der Waals surface area contributed by atoms with Gasteiger partial charge in [0.1, 0.15) is 6.61 Å². The molecule has 0 saturated carbocycles. The molecule has 0 fully saturated rings. The van der Waals surface area contributed by atoms with Gasteiger partial charge >= 0.3 is 19.8 Å². The van der Waals surface area contributed by atoms with Gasteiger partial charge < -0.3 is 20.1 Å².